The van der Waals surface area contributed by atoms with E-state index in [1.165, 1.54) is 0 Å². The number of anilines is 1. The van der Waals surface area contributed by atoms with E-state index < -0.39 is 0 Å². The zero-order chi connectivity index (χ0) is 18.4. The quantitative estimate of drug-likeness (QED) is 0.735. The predicted molar refractivity (Wildman–Crippen MR) is 102 cm³/mol. The first-order valence-electron chi connectivity index (χ1n) is 8.35. The molecule has 4 nitrogen and oxygen atoms in total. The number of hydrogen-bond donors (Lipinski definition) is 1. The van der Waals surface area contributed by atoms with Gasteiger partial charge in [0.2, 0.25) is 0 Å². The highest BCUT2D eigenvalue weighted by molar-refractivity contribution is 6.31. The molecule has 0 radical (unpaired) electrons. The van der Waals surface area contributed by atoms with Gasteiger partial charge in [0.15, 0.2) is 0 Å². The van der Waals surface area contributed by atoms with E-state index in [0.29, 0.717) is 29.5 Å². The molecule has 0 atom stereocenters. The monoisotopic (exact) mass is 361 g/mol. The molecule has 0 aliphatic carbocycles. The lowest BCUT2D eigenvalue weighted by molar-refractivity contribution is 0.0641. The Balaban J connectivity index is 2.20. The second-order valence-corrected chi connectivity index (χ2v) is 6.44. The number of halogens is 1. The van der Waals surface area contributed by atoms with Crippen molar-refractivity contribution in [3.63, 3.8) is 0 Å². The van der Waals surface area contributed by atoms with E-state index in [1.807, 2.05) is 39.8 Å². The zero-order valence-electron chi connectivity index (χ0n) is 15.1. The molecular weight excluding hydrogens is 338 g/mol. The summed E-state index contributed by atoms with van der Waals surface area (Å²) in [5.41, 5.74) is 3.02. The number of carbonyl (C=O) groups is 1. The summed E-state index contributed by atoms with van der Waals surface area (Å²) in [6, 6.07) is 10.8. The van der Waals surface area contributed by atoms with Crippen LogP contribution >= 0.6 is 11.6 Å². The molecule has 2 aromatic rings. The highest BCUT2D eigenvalue weighted by atomic mass is 35.5. The summed E-state index contributed by atoms with van der Waals surface area (Å²) in [6.45, 7) is 8.74. The van der Waals surface area contributed by atoms with Crippen molar-refractivity contribution >= 4 is 23.2 Å². The van der Waals surface area contributed by atoms with Crippen LogP contribution in [0, 0.1) is 6.92 Å². The molecule has 0 bridgehead atoms. The third-order valence-electron chi connectivity index (χ3n) is 3.62. The maximum absolute atomic E-state index is 12.5. The molecule has 0 unspecified atom stereocenters. The summed E-state index contributed by atoms with van der Waals surface area (Å²) in [6.07, 6.45) is 0.0988. The molecule has 25 heavy (non-hydrogen) atoms. The van der Waals surface area contributed by atoms with E-state index in [0.717, 1.165) is 16.9 Å². The normalized spacial score (nSPS) is 10.8. The van der Waals surface area contributed by atoms with E-state index in [4.69, 9.17) is 21.1 Å². The Bertz CT molecular complexity index is 744. The molecule has 134 valence electrons. The SMILES string of the molecule is CCOc1ccc(C(=O)Nc2ccc(C)c(Cl)c2)cc1COC(C)C. The minimum absolute atomic E-state index is 0.0988. The Labute approximate surface area is 154 Å². The second-order valence-electron chi connectivity index (χ2n) is 6.03. The smallest absolute Gasteiger partial charge is 0.255 e. The third-order valence-corrected chi connectivity index (χ3v) is 4.03. The van der Waals surface area contributed by atoms with Gasteiger partial charge >= 0.3 is 0 Å². The molecule has 2 rings (SSSR count). The lowest BCUT2D eigenvalue weighted by atomic mass is 10.1. The van der Waals surface area contributed by atoms with Crippen LogP contribution in [0.5, 0.6) is 5.75 Å². The van der Waals surface area contributed by atoms with Gasteiger partial charge in [-0.1, -0.05) is 17.7 Å². The lowest BCUT2D eigenvalue weighted by Crippen LogP contribution is -2.13. The van der Waals surface area contributed by atoms with Crippen molar-refractivity contribution < 1.29 is 14.3 Å². The van der Waals surface area contributed by atoms with Crippen LogP contribution in [0.1, 0.15) is 42.3 Å². The van der Waals surface area contributed by atoms with Gasteiger partial charge in [-0.25, -0.2) is 0 Å². The van der Waals surface area contributed by atoms with Crippen molar-refractivity contribution in [3.05, 3.63) is 58.1 Å². The molecule has 1 N–H and O–H groups in total. The van der Waals surface area contributed by atoms with Gasteiger partial charge in [0.25, 0.3) is 5.91 Å². The molecule has 5 heteroatoms. The van der Waals surface area contributed by atoms with E-state index in [9.17, 15) is 4.79 Å². The standard InChI is InChI=1S/C20H24ClNO3/c1-5-24-19-9-7-15(10-16(19)12-25-13(2)3)20(23)22-17-8-6-14(4)18(21)11-17/h6-11,13H,5,12H2,1-4H3,(H,22,23). The van der Waals surface area contributed by atoms with Gasteiger partial charge in [0, 0.05) is 21.8 Å². The summed E-state index contributed by atoms with van der Waals surface area (Å²) in [7, 11) is 0. The highest BCUT2D eigenvalue weighted by Crippen LogP contribution is 2.24. The first-order valence-corrected chi connectivity index (χ1v) is 8.73. The van der Waals surface area contributed by atoms with E-state index >= 15 is 0 Å². The van der Waals surface area contributed by atoms with Gasteiger partial charge < -0.3 is 14.8 Å². The molecule has 0 aliphatic heterocycles. The fourth-order valence-corrected chi connectivity index (χ4v) is 2.44. The van der Waals surface area contributed by atoms with Gasteiger partial charge in [-0.2, -0.15) is 0 Å². The minimum Gasteiger partial charge on any atom is -0.494 e. The third kappa shape index (κ3) is 5.48. The van der Waals surface area contributed by atoms with Crippen LogP contribution in [0.2, 0.25) is 5.02 Å². The van der Waals surface area contributed by atoms with Crippen molar-refractivity contribution in [3.8, 4) is 5.75 Å². The van der Waals surface area contributed by atoms with Crippen LogP contribution in [0.15, 0.2) is 36.4 Å². The van der Waals surface area contributed by atoms with Crippen molar-refractivity contribution in [2.24, 2.45) is 0 Å². The highest BCUT2D eigenvalue weighted by Gasteiger charge is 2.12. The number of rotatable bonds is 7. The summed E-state index contributed by atoms with van der Waals surface area (Å²) in [5, 5.41) is 3.49. The minimum atomic E-state index is -0.200. The first kappa shape index (κ1) is 19.3. The van der Waals surface area contributed by atoms with Crippen molar-refractivity contribution in [1.82, 2.24) is 0 Å². The van der Waals surface area contributed by atoms with Crippen LogP contribution in [-0.4, -0.2) is 18.6 Å². The van der Waals surface area contributed by atoms with Crippen LogP contribution in [0.4, 0.5) is 5.69 Å². The topological polar surface area (TPSA) is 47.6 Å². The molecule has 0 saturated heterocycles. The Morgan fingerprint density at radius 3 is 2.60 bits per heavy atom. The van der Waals surface area contributed by atoms with Crippen molar-refractivity contribution in [2.75, 3.05) is 11.9 Å². The summed E-state index contributed by atoms with van der Waals surface area (Å²) in [4.78, 5) is 12.5. The number of benzene rings is 2. The number of nitrogens with one attached hydrogen (secondary N) is 1. The number of ether oxygens (including phenoxy) is 2. The van der Waals surface area contributed by atoms with Crippen LogP contribution in [0.3, 0.4) is 0 Å². The number of carbonyl (C=O) groups excluding carboxylic acids is 1. The van der Waals surface area contributed by atoms with Crippen LogP contribution in [0.25, 0.3) is 0 Å². The molecule has 0 heterocycles. The molecular formula is C20H24ClNO3. The van der Waals surface area contributed by atoms with E-state index in [1.54, 1.807) is 24.3 Å². The van der Waals surface area contributed by atoms with Gasteiger partial charge in [-0.05, 0) is 63.6 Å². The average Bonchev–Trinajstić information content (AvgIpc) is 2.57. The Morgan fingerprint density at radius 2 is 1.96 bits per heavy atom. The average molecular weight is 362 g/mol. The molecule has 0 spiro atoms. The van der Waals surface area contributed by atoms with Crippen molar-refractivity contribution in [2.45, 2.75) is 40.4 Å². The van der Waals surface area contributed by atoms with E-state index in [-0.39, 0.29) is 12.0 Å². The van der Waals surface area contributed by atoms with Gasteiger partial charge in [0.05, 0.1) is 19.3 Å². The number of amides is 1. The van der Waals surface area contributed by atoms with Crippen LogP contribution in [-0.2, 0) is 11.3 Å². The molecule has 0 saturated carbocycles. The van der Waals surface area contributed by atoms with Gasteiger partial charge in [0.1, 0.15) is 5.75 Å². The summed E-state index contributed by atoms with van der Waals surface area (Å²) in [5.74, 6) is 0.534. The fraction of sp³-hybridized carbons (Fsp3) is 0.350. The molecule has 2 aromatic carbocycles. The van der Waals surface area contributed by atoms with E-state index in [2.05, 4.69) is 5.32 Å². The largest absolute Gasteiger partial charge is 0.494 e. The van der Waals surface area contributed by atoms with Gasteiger partial charge in [-0.15, -0.1) is 0 Å². The molecule has 0 fully saturated rings. The summed E-state index contributed by atoms with van der Waals surface area (Å²) < 4.78 is 11.3. The molecule has 1 amide bonds. The van der Waals surface area contributed by atoms with Crippen molar-refractivity contribution in [1.29, 1.82) is 0 Å². The number of hydrogen-bond acceptors (Lipinski definition) is 3. The summed E-state index contributed by atoms with van der Waals surface area (Å²) >= 11 is 6.11. The lowest BCUT2D eigenvalue weighted by Gasteiger charge is -2.14. The second kappa shape index (κ2) is 8.88. The predicted octanol–water partition coefficient (Wildman–Crippen LogP) is 5.22. The van der Waals surface area contributed by atoms with Crippen LogP contribution < -0.4 is 10.1 Å². The maximum atomic E-state index is 12.5. The zero-order valence-corrected chi connectivity index (χ0v) is 15.8. The van der Waals surface area contributed by atoms with Gasteiger partial charge in [-0.3, -0.25) is 4.79 Å². The molecule has 0 aliphatic rings. The first-order chi connectivity index (χ1) is 11.9. The maximum Gasteiger partial charge on any atom is 0.255 e. The molecule has 0 aromatic heterocycles. The Morgan fingerprint density at radius 1 is 1.20 bits per heavy atom. The Kier molecular flexibility index (Phi) is 6.85. The Hall–Kier alpha value is -2.04. The number of aryl methyl sites for hydroxylation is 1. The fourth-order valence-electron chi connectivity index (χ4n) is 2.26.